The maximum Gasteiger partial charge on any atom is 0.227 e. The summed E-state index contributed by atoms with van der Waals surface area (Å²) in [7, 11) is -2.98. The van der Waals surface area contributed by atoms with Gasteiger partial charge >= 0.3 is 0 Å². The molecule has 2 atom stereocenters. The number of rotatable bonds is 1. The van der Waals surface area contributed by atoms with E-state index >= 15 is 0 Å². The van der Waals surface area contributed by atoms with Gasteiger partial charge in [0.25, 0.3) is 0 Å². The second kappa shape index (κ2) is 4.06. The summed E-state index contributed by atoms with van der Waals surface area (Å²) in [5, 5.41) is 0. The minimum Gasteiger partial charge on any atom is -0.308 e. The number of sulfone groups is 1. The van der Waals surface area contributed by atoms with Crippen molar-refractivity contribution in [1.29, 1.82) is 0 Å². The number of anilines is 1. The van der Waals surface area contributed by atoms with E-state index in [2.05, 4.69) is 15.9 Å². The number of carbonyl (C=O) groups excluding carboxylic acids is 1. The van der Waals surface area contributed by atoms with Crippen LogP contribution in [0, 0.1) is 5.92 Å². The molecule has 0 aromatic heterocycles. The summed E-state index contributed by atoms with van der Waals surface area (Å²) in [5.41, 5.74) is 0.785. The van der Waals surface area contributed by atoms with Gasteiger partial charge < -0.3 is 4.90 Å². The molecule has 18 heavy (non-hydrogen) atoms. The zero-order chi connectivity index (χ0) is 12.9. The molecule has 0 saturated carbocycles. The highest BCUT2D eigenvalue weighted by Crippen LogP contribution is 2.37. The third kappa shape index (κ3) is 1.97. The van der Waals surface area contributed by atoms with E-state index in [1.807, 2.05) is 24.3 Å². The van der Waals surface area contributed by atoms with Gasteiger partial charge in [0.15, 0.2) is 9.84 Å². The fraction of sp³-hybridized carbons (Fsp3) is 0.417. The first-order chi connectivity index (χ1) is 8.46. The zero-order valence-corrected chi connectivity index (χ0v) is 11.9. The molecule has 6 heteroatoms. The summed E-state index contributed by atoms with van der Waals surface area (Å²) in [6.45, 7) is 0. The normalized spacial score (nSPS) is 29.6. The highest BCUT2D eigenvalue weighted by atomic mass is 79.9. The van der Waals surface area contributed by atoms with Gasteiger partial charge in [0.1, 0.15) is 0 Å². The molecule has 0 bridgehead atoms. The zero-order valence-electron chi connectivity index (χ0n) is 9.54. The van der Waals surface area contributed by atoms with E-state index in [1.54, 1.807) is 4.90 Å². The largest absolute Gasteiger partial charge is 0.308 e. The molecule has 0 N–H and O–H groups in total. The number of fused-ring (bicyclic) bond motifs is 1. The van der Waals surface area contributed by atoms with Crippen molar-refractivity contribution in [3.05, 3.63) is 28.7 Å². The second-order valence-corrected chi connectivity index (χ2v) is 7.92. The Morgan fingerprint density at radius 2 is 1.83 bits per heavy atom. The summed E-state index contributed by atoms with van der Waals surface area (Å²) in [5.74, 6) is 0.240. The molecular formula is C12H12BrNO3S. The molecule has 0 radical (unpaired) electrons. The van der Waals surface area contributed by atoms with Crippen molar-refractivity contribution in [2.45, 2.75) is 12.5 Å². The van der Waals surface area contributed by atoms with Gasteiger partial charge in [0.05, 0.1) is 17.5 Å². The lowest BCUT2D eigenvalue weighted by Gasteiger charge is -2.23. The smallest absolute Gasteiger partial charge is 0.227 e. The molecule has 0 aliphatic carbocycles. The lowest BCUT2D eigenvalue weighted by atomic mass is 10.1. The molecule has 96 valence electrons. The van der Waals surface area contributed by atoms with Crippen molar-refractivity contribution in [3.8, 4) is 0 Å². The molecular weight excluding hydrogens is 318 g/mol. The van der Waals surface area contributed by atoms with Gasteiger partial charge in [-0.15, -0.1) is 0 Å². The quantitative estimate of drug-likeness (QED) is 0.786. The molecule has 0 unspecified atom stereocenters. The minimum absolute atomic E-state index is 0.0298. The number of halogens is 1. The predicted molar refractivity (Wildman–Crippen MR) is 72.2 cm³/mol. The molecule has 2 saturated heterocycles. The van der Waals surface area contributed by atoms with Gasteiger partial charge in [0.2, 0.25) is 5.91 Å². The van der Waals surface area contributed by atoms with Gasteiger partial charge in [-0.1, -0.05) is 15.9 Å². The molecule has 2 heterocycles. The first-order valence-corrected chi connectivity index (χ1v) is 8.36. The number of benzene rings is 1. The van der Waals surface area contributed by atoms with Gasteiger partial charge in [-0.2, -0.15) is 0 Å². The molecule has 2 fully saturated rings. The van der Waals surface area contributed by atoms with Crippen molar-refractivity contribution in [3.63, 3.8) is 0 Å². The van der Waals surface area contributed by atoms with E-state index in [1.165, 1.54) is 0 Å². The molecule has 1 aromatic rings. The van der Waals surface area contributed by atoms with Gasteiger partial charge in [-0.25, -0.2) is 8.42 Å². The highest BCUT2D eigenvalue weighted by Gasteiger charge is 2.49. The maximum atomic E-state index is 12.0. The molecule has 2 aliphatic rings. The summed E-state index contributed by atoms with van der Waals surface area (Å²) < 4.78 is 24.2. The average molecular weight is 330 g/mol. The fourth-order valence-electron chi connectivity index (χ4n) is 2.83. The molecule has 3 rings (SSSR count). The van der Waals surface area contributed by atoms with E-state index in [9.17, 15) is 13.2 Å². The van der Waals surface area contributed by atoms with E-state index in [0.29, 0.717) is 6.42 Å². The summed E-state index contributed by atoms with van der Waals surface area (Å²) in [6, 6.07) is 7.23. The lowest BCUT2D eigenvalue weighted by molar-refractivity contribution is -0.117. The Hall–Kier alpha value is -0.880. The van der Waals surface area contributed by atoms with Crippen LogP contribution < -0.4 is 4.90 Å². The van der Waals surface area contributed by atoms with Crippen molar-refractivity contribution in [1.82, 2.24) is 0 Å². The van der Waals surface area contributed by atoms with Crippen LogP contribution >= 0.6 is 15.9 Å². The highest BCUT2D eigenvalue weighted by molar-refractivity contribution is 9.10. The van der Waals surface area contributed by atoms with E-state index in [4.69, 9.17) is 0 Å². The standard InChI is InChI=1S/C12H12BrNO3S/c13-9-1-3-10(4-2-9)14-11-7-18(16,17)6-8(11)5-12(14)15/h1-4,8,11H,5-7H2/t8-,11-/m1/s1. The van der Waals surface area contributed by atoms with Crippen LogP contribution in [0.25, 0.3) is 0 Å². The van der Waals surface area contributed by atoms with Crippen LogP contribution in [-0.4, -0.2) is 31.9 Å². The Kier molecular flexibility index (Phi) is 2.75. The van der Waals surface area contributed by atoms with E-state index in [-0.39, 0.29) is 29.4 Å². The Labute approximate surface area is 114 Å². The second-order valence-electron chi connectivity index (χ2n) is 4.85. The molecule has 0 spiro atoms. The fourth-order valence-corrected chi connectivity index (χ4v) is 5.16. The lowest BCUT2D eigenvalue weighted by Crippen LogP contribution is -2.36. The average Bonchev–Trinajstić information content (AvgIpc) is 2.70. The maximum absolute atomic E-state index is 12.0. The Morgan fingerprint density at radius 3 is 2.50 bits per heavy atom. The van der Waals surface area contributed by atoms with Crippen LogP contribution in [0.4, 0.5) is 5.69 Å². The summed E-state index contributed by atoms with van der Waals surface area (Å²) in [4.78, 5) is 13.7. The number of hydrogen-bond donors (Lipinski definition) is 0. The summed E-state index contributed by atoms with van der Waals surface area (Å²) >= 11 is 3.34. The molecule has 2 aliphatic heterocycles. The number of amides is 1. The van der Waals surface area contributed by atoms with Crippen molar-refractivity contribution in [2.24, 2.45) is 5.92 Å². The number of carbonyl (C=O) groups is 1. The van der Waals surface area contributed by atoms with Crippen LogP contribution in [0.1, 0.15) is 6.42 Å². The predicted octanol–water partition coefficient (Wildman–Crippen LogP) is 1.60. The van der Waals surface area contributed by atoms with Crippen molar-refractivity contribution < 1.29 is 13.2 Å². The first kappa shape index (κ1) is 12.2. The number of hydrogen-bond acceptors (Lipinski definition) is 3. The van der Waals surface area contributed by atoms with Crippen LogP contribution in [-0.2, 0) is 14.6 Å². The van der Waals surface area contributed by atoms with Gasteiger partial charge in [-0.3, -0.25) is 4.79 Å². The number of nitrogens with zero attached hydrogens (tertiary/aromatic N) is 1. The Morgan fingerprint density at radius 1 is 1.17 bits per heavy atom. The van der Waals surface area contributed by atoms with Crippen LogP contribution in [0.3, 0.4) is 0 Å². The first-order valence-electron chi connectivity index (χ1n) is 5.74. The van der Waals surface area contributed by atoms with Gasteiger partial charge in [0, 0.05) is 22.5 Å². The topological polar surface area (TPSA) is 54.5 Å². The third-order valence-electron chi connectivity index (χ3n) is 3.58. The van der Waals surface area contributed by atoms with E-state index in [0.717, 1.165) is 10.2 Å². The van der Waals surface area contributed by atoms with Crippen LogP contribution in [0.5, 0.6) is 0 Å². The Balaban J connectivity index is 1.96. The third-order valence-corrected chi connectivity index (χ3v) is 5.89. The van der Waals surface area contributed by atoms with Crippen molar-refractivity contribution >= 4 is 37.4 Å². The minimum atomic E-state index is -2.98. The van der Waals surface area contributed by atoms with E-state index < -0.39 is 9.84 Å². The SMILES string of the molecule is O=C1C[C@@H]2CS(=O)(=O)C[C@H]2N1c1ccc(Br)cc1. The monoisotopic (exact) mass is 329 g/mol. The molecule has 4 nitrogen and oxygen atoms in total. The summed E-state index contributed by atoms with van der Waals surface area (Å²) in [6.07, 6.45) is 0.347. The van der Waals surface area contributed by atoms with Crippen molar-refractivity contribution in [2.75, 3.05) is 16.4 Å². The molecule has 1 amide bonds. The van der Waals surface area contributed by atoms with Crippen LogP contribution in [0.2, 0.25) is 0 Å². The molecule has 1 aromatic carbocycles. The Bertz CT molecular complexity index is 596. The van der Waals surface area contributed by atoms with Gasteiger partial charge in [-0.05, 0) is 24.3 Å². The van der Waals surface area contributed by atoms with Crippen LogP contribution in [0.15, 0.2) is 28.7 Å².